The topological polar surface area (TPSA) is 46.5 Å². The van der Waals surface area contributed by atoms with Gasteiger partial charge in [-0.2, -0.15) is 0 Å². The van der Waals surface area contributed by atoms with Crippen molar-refractivity contribution in [3.05, 3.63) is 34.9 Å². The number of carboxylic acids is 1. The molecule has 0 aliphatic carbocycles. The molecule has 88 valence electrons. The van der Waals surface area contributed by atoms with Gasteiger partial charge in [-0.05, 0) is 37.0 Å². The van der Waals surface area contributed by atoms with Crippen molar-refractivity contribution in [1.82, 2.24) is 0 Å². The Bertz CT molecular complexity index is 371. The Morgan fingerprint density at radius 2 is 2.06 bits per heavy atom. The molecule has 0 aliphatic heterocycles. The van der Waals surface area contributed by atoms with Crippen LogP contribution in [0.5, 0.6) is 0 Å². The SMILES string of the molecule is COCCC(C(=O)O)c1ccc(C)c(C)c1. The monoisotopic (exact) mass is 222 g/mol. The molecule has 0 fully saturated rings. The van der Waals surface area contributed by atoms with Crippen molar-refractivity contribution in [2.45, 2.75) is 26.2 Å². The van der Waals surface area contributed by atoms with Gasteiger partial charge in [-0.1, -0.05) is 18.2 Å². The maximum atomic E-state index is 11.1. The van der Waals surface area contributed by atoms with E-state index in [1.165, 1.54) is 5.56 Å². The molecule has 0 spiro atoms. The average Bonchev–Trinajstić information content (AvgIpc) is 2.23. The van der Waals surface area contributed by atoms with Crippen molar-refractivity contribution in [3.8, 4) is 0 Å². The van der Waals surface area contributed by atoms with Gasteiger partial charge in [0.1, 0.15) is 0 Å². The van der Waals surface area contributed by atoms with Crippen LogP contribution in [-0.4, -0.2) is 24.8 Å². The van der Waals surface area contributed by atoms with Gasteiger partial charge in [0.05, 0.1) is 5.92 Å². The zero-order chi connectivity index (χ0) is 12.1. The lowest BCUT2D eigenvalue weighted by molar-refractivity contribution is -0.139. The largest absolute Gasteiger partial charge is 0.481 e. The van der Waals surface area contributed by atoms with E-state index in [4.69, 9.17) is 9.84 Å². The van der Waals surface area contributed by atoms with Crippen molar-refractivity contribution in [1.29, 1.82) is 0 Å². The van der Waals surface area contributed by atoms with E-state index >= 15 is 0 Å². The van der Waals surface area contributed by atoms with Crippen LogP contribution in [0.25, 0.3) is 0 Å². The van der Waals surface area contributed by atoms with Crippen LogP contribution in [0.1, 0.15) is 29.0 Å². The van der Waals surface area contributed by atoms with Crippen LogP contribution in [0.2, 0.25) is 0 Å². The van der Waals surface area contributed by atoms with Gasteiger partial charge in [-0.25, -0.2) is 0 Å². The van der Waals surface area contributed by atoms with E-state index in [1.807, 2.05) is 32.0 Å². The second kappa shape index (κ2) is 5.66. The summed E-state index contributed by atoms with van der Waals surface area (Å²) in [5.41, 5.74) is 3.16. The molecule has 0 heterocycles. The van der Waals surface area contributed by atoms with E-state index in [2.05, 4.69) is 0 Å². The Kier molecular flexibility index (Phi) is 4.50. The van der Waals surface area contributed by atoms with Crippen molar-refractivity contribution < 1.29 is 14.6 Å². The van der Waals surface area contributed by atoms with Crippen LogP contribution in [0, 0.1) is 13.8 Å². The molecular formula is C13H18O3. The van der Waals surface area contributed by atoms with Crippen LogP contribution in [0.4, 0.5) is 0 Å². The van der Waals surface area contributed by atoms with E-state index in [0.29, 0.717) is 13.0 Å². The van der Waals surface area contributed by atoms with Crippen LogP contribution >= 0.6 is 0 Å². The Balaban J connectivity index is 2.92. The van der Waals surface area contributed by atoms with Gasteiger partial charge in [-0.3, -0.25) is 4.79 Å². The molecule has 16 heavy (non-hydrogen) atoms. The first-order valence-electron chi connectivity index (χ1n) is 5.35. The van der Waals surface area contributed by atoms with Crippen molar-refractivity contribution in [2.75, 3.05) is 13.7 Å². The summed E-state index contributed by atoms with van der Waals surface area (Å²) in [6.07, 6.45) is 0.508. The number of carboxylic acid groups (broad SMARTS) is 1. The lowest BCUT2D eigenvalue weighted by Crippen LogP contribution is -2.14. The number of hydrogen-bond donors (Lipinski definition) is 1. The predicted octanol–water partition coefficient (Wildman–Crippen LogP) is 2.51. The minimum Gasteiger partial charge on any atom is -0.481 e. The summed E-state index contributed by atoms with van der Waals surface area (Å²) in [4.78, 5) is 11.1. The molecule has 0 saturated carbocycles. The zero-order valence-corrected chi connectivity index (χ0v) is 9.99. The number of ether oxygens (including phenoxy) is 1. The van der Waals surface area contributed by atoms with Gasteiger partial charge in [0.25, 0.3) is 0 Å². The van der Waals surface area contributed by atoms with E-state index < -0.39 is 11.9 Å². The van der Waals surface area contributed by atoms with Crippen LogP contribution in [0.3, 0.4) is 0 Å². The molecule has 0 aromatic heterocycles. The Morgan fingerprint density at radius 1 is 1.38 bits per heavy atom. The third kappa shape index (κ3) is 3.07. The second-order valence-electron chi connectivity index (χ2n) is 4.02. The number of aliphatic carboxylic acids is 1. The maximum absolute atomic E-state index is 11.1. The fourth-order valence-corrected chi connectivity index (χ4v) is 1.65. The number of methoxy groups -OCH3 is 1. The number of hydrogen-bond acceptors (Lipinski definition) is 2. The van der Waals surface area contributed by atoms with Gasteiger partial charge in [-0.15, -0.1) is 0 Å². The molecule has 1 atom stereocenters. The summed E-state index contributed by atoms with van der Waals surface area (Å²) in [6, 6.07) is 5.80. The van der Waals surface area contributed by atoms with Crippen LogP contribution in [0.15, 0.2) is 18.2 Å². The van der Waals surface area contributed by atoms with Crippen LogP contribution < -0.4 is 0 Å². The molecule has 0 amide bonds. The Hall–Kier alpha value is -1.35. The third-order valence-electron chi connectivity index (χ3n) is 2.84. The fraction of sp³-hybridized carbons (Fsp3) is 0.462. The highest BCUT2D eigenvalue weighted by Gasteiger charge is 2.19. The van der Waals surface area contributed by atoms with E-state index in [1.54, 1.807) is 7.11 Å². The molecule has 0 saturated heterocycles. The minimum absolute atomic E-state index is 0.462. The highest BCUT2D eigenvalue weighted by Crippen LogP contribution is 2.22. The van der Waals surface area contributed by atoms with Gasteiger partial charge in [0.15, 0.2) is 0 Å². The summed E-state index contributed by atoms with van der Waals surface area (Å²) in [5, 5.41) is 9.16. The number of aryl methyl sites for hydroxylation is 2. The minimum atomic E-state index is -0.791. The molecule has 0 radical (unpaired) electrons. The van der Waals surface area contributed by atoms with Crippen molar-refractivity contribution >= 4 is 5.97 Å². The van der Waals surface area contributed by atoms with Gasteiger partial charge < -0.3 is 9.84 Å². The second-order valence-corrected chi connectivity index (χ2v) is 4.02. The molecule has 3 nitrogen and oxygen atoms in total. The Labute approximate surface area is 96.1 Å². The standard InChI is InChI=1S/C13H18O3/c1-9-4-5-11(8-10(9)2)12(13(14)15)6-7-16-3/h4-5,8,12H,6-7H2,1-3H3,(H,14,15). The lowest BCUT2D eigenvalue weighted by atomic mass is 9.93. The van der Waals surface area contributed by atoms with E-state index in [-0.39, 0.29) is 0 Å². The molecule has 1 rings (SSSR count). The molecule has 0 bridgehead atoms. The van der Waals surface area contributed by atoms with E-state index in [0.717, 1.165) is 11.1 Å². The van der Waals surface area contributed by atoms with Crippen molar-refractivity contribution in [3.63, 3.8) is 0 Å². The van der Waals surface area contributed by atoms with Gasteiger partial charge >= 0.3 is 5.97 Å². The zero-order valence-electron chi connectivity index (χ0n) is 9.99. The highest BCUT2D eigenvalue weighted by molar-refractivity contribution is 5.76. The number of carbonyl (C=O) groups is 1. The fourth-order valence-electron chi connectivity index (χ4n) is 1.65. The number of benzene rings is 1. The van der Waals surface area contributed by atoms with Gasteiger partial charge in [0, 0.05) is 13.7 Å². The van der Waals surface area contributed by atoms with E-state index in [9.17, 15) is 4.79 Å². The maximum Gasteiger partial charge on any atom is 0.311 e. The van der Waals surface area contributed by atoms with Crippen LogP contribution in [-0.2, 0) is 9.53 Å². The van der Waals surface area contributed by atoms with Crippen molar-refractivity contribution in [2.24, 2.45) is 0 Å². The lowest BCUT2D eigenvalue weighted by Gasteiger charge is -2.13. The average molecular weight is 222 g/mol. The summed E-state index contributed by atoms with van der Waals surface area (Å²) in [5.74, 6) is -1.26. The first-order valence-corrected chi connectivity index (χ1v) is 5.35. The first kappa shape index (κ1) is 12.7. The number of rotatable bonds is 5. The normalized spacial score (nSPS) is 12.4. The summed E-state index contributed by atoms with van der Waals surface area (Å²) >= 11 is 0. The molecule has 1 N–H and O–H groups in total. The van der Waals surface area contributed by atoms with Gasteiger partial charge in [0.2, 0.25) is 0 Å². The molecule has 3 heteroatoms. The smallest absolute Gasteiger partial charge is 0.311 e. The summed E-state index contributed by atoms with van der Waals surface area (Å²) < 4.78 is 4.93. The molecule has 0 aliphatic rings. The molecular weight excluding hydrogens is 204 g/mol. The predicted molar refractivity (Wildman–Crippen MR) is 62.8 cm³/mol. The molecule has 1 aromatic carbocycles. The molecule has 1 aromatic rings. The summed E-state index contributed by atoms with van der Waals surface area (Å²) in [7, 11) is 1.58. The summed E-state index contributed by atoms with van der Waals surface area (Å²) in [6.45, 7) is 4.47. The quantitative estimate of drug-likeness (QED) is 0.832. The first-order chi connectivity index (χ1) is 7.56. The molecule has 1 unspecified atom stereocenters. The third-order valence-corrected chi connectivity index (χ3v) is 2.84. The highest BCUT2D eigenvalue weighted by atomic mass is 16.5. The Morgan fingerprint density at radius 3 is 2.56 bits per heavy atom.